The van der Waals surface area contributed by atoms with Crippen molar-refractivity contribution in [2.24, 2.45) is 11.8 Å². The largest absolute Gasteiger partial charge is 0.342 e. The third-order valence-electron chi connectivity index (χ3n) is 4.86. The maximum Gasteiger partial charge on any atom is 0.246 e. The minimum Gasteiger partial charge on any atom is -0.342 e. The average molecular weight is 266 g/mol. The van der Waals surface area contributed by atoms with Crippen LogP contribution in [0, 0.1) is 11.8 Å². The van der Waals surface area contributed by atoms with Crippen molar-refractivity contribution < 1.29 is 9.59 Å². The Labute approximate surface area is 115 Å². The van der Waals surface area contributed by atoms with E-state index in [0.717, 1.165) is 19.3 Å². The van der Waals surface area contributed by atoms with Crippen LogP contribution in [-0.4, -0.2) is 34.8 Å². The van der Waals surface area contributed by atoms with E-state index >= 15 is 0 Å². The molecule has 1 aliphatic carbocycles. The van der Waals surface area contributed by atoms with Gasteiger partial charge in [-0.2, -0.15) is 0 Å². The predicted molar refractivity (Wildman–Crippen MR) is 74.5 cm³/mol. The highest BCUT2D eigenvalue weighted by Gasteiger charge is 2.56. The van der Waals surface area contributed by atoms with Gasteiger partial charge in [-0.05, 0) is 38.0 Å². The molecule has 1 saturated heterocycles. The third-order valence-corrected chi connectivity index (χ3v) is 4.86. The standard InChI is InChI=1S/C15H26N2O2/c1-5-10(3)9-17-13(18)12(6-2)16-14(19)15(17,4)11-7-8-11/h10-12H,5-9H2,1-4H3,(H,16,19). The summed E-state index contributed by atoms with van der Waals surface area (Å²) in [7, 11) is 0. The Balaban J connectivity index is 2.28. The van der Waals surface area contributed by atoms with E-state index in [1.54, 1.807) is 0 Å². The van der Waals surface area contributed by atoms with Gasteiger partial charge in [0.05, 0.1) is 0 Å². The Morgan fingerprint density at radius 3 is 2.47 bits per heavy atom. The highest BCUT2D eigenvalue weighted by Crippen LogP contribution is 2.45. The van der Waals surface area contributed by atoms with Gasteiger partial charge in [0.15, 0.2) is 0 Å². The lowest BCUT2D eigenvalue weighted by atomic mass is 9.86. The second kappa shape index (κ2) is 5.14. The first-order valence-electron chi connectivity index (χ1n) is 7.57. The molecule has 19 heavy (non-hydrogen) atoms. The van der Waals surface area contributed by atoms with E-state index in [4.69, 9.17) is 0 Å². The predicted octanol–water partition coefficient (Wildman–Crippen LogP) is 1.94. The molecule has 2 aliphatic rings. The van der Waals surface area contributed by atoms with Crippen LogP contribution in [0.25, 0.3) is 0 Å². The van der Waals surface area contributed by atoms with Gasteiger partial charge in [-0.15, -0.1) is 0 Å². The molecule has 0 radical (unpaired) electrons. The van der Waals surface area contributed by atoms with Gasteiger partial charge >= 0.3 is 0 Å². The number of piperazine rings is 1. The quantitative estimate of drug-likeness (QED) is 0.826. The van der Waals surface area contributed by atoms with Gasteiger partial charge in [0.25, 0.3) is 0 Å². The Bertz CT molecular complexity index is 378. The Morgan fingerprint density at radius 1 is 1.37 bits per heavy atom. The van der Waals surface area contributed by atoms with Crippen LogP contribution in [0.2, 0.25) is 0 Å². The van der Waals surface area contributed by atoms with Crippen LogP contribution in [-0.2, 0) is 9.59 Å². The van der Waals surface area contributed by atoms with Crippen molar-refractivity contribution in [2.45, 2.75) is 65.0 Å². The molecule has 0 spiro atoms. The van der Waals surface area contributed by atoms with Crippen LogP contribution in [0.1, 0.15) is 53.4 Å². The molecule has 0 aromatic rings. The molecule has 2 rings (SSSR count). The second-order valence-electron chi connectivity index (χ2n) is 6.32. The molecule has 1 saturated carbocycles. The normalized spacial score (nSPS) is 33.3. The zero-order valence-electron chi connectivity index (χ0n) is 12.5. The van der Waals surface area contributed by atoms with Crippen LogP contribution in [0.15, 0.2) is 0 Å². The number of carbonyl (C=O) groups is 2. The number of rotatable bonds is 5. The number of amides is 2. The molecule has 1 N–H and O–H groups in total. The highest BCUT2D eigenvalue weighted by atomic mass is 16.2. The van der Waals surface area contributed by atoms with Crippen molar-refractivity contribution >= 4 is 11.8 Å². The van der Waals surface area contributed by atoms with E-state index in [1.807, 2.05) is 18.7 Å². The summed E-state index contributed by atoms with van der Waals surface area (Å²) >= 11 is 0. The van der Waals surface area contributed by atoms with Crippen molar-refractivity contribution in [1.82, 2.24) is 10.2 Å². The Kier molecular flexibility index (Phi) is 3.88. The Hall–Kier alpha value is -1.06. The summed E-state index contributed by atoms with van der Waals surface area (Å²) in [4.78, 5) is 27.0. The maximum absolute atomic E-state index is 12.6. The minimum absolute atomic E-state index is 0.0461. The molecule has 4 heteroatoms. The summed E-state index contributed by atoms with van der Waals surface area (Å²) in [5.41, 5.74) is -0.619. The summed E-state index contributed by atoms with van der Waals surface area (Å²) in [5.74, 6) is 0.935. The molecule has 108 valence electrons. The third kappa shape index (κ3) is 2.37. The lowest BCUT2D eigenvalue weighted by Crippen LogP contribution is -2.70. The fraction of sp³-hybridized carbons (Fsp3) is 0.867. The molecule has 1 heterocycles. The topological polar surface area (TPSA) is 49.4 Å². The fourth-order valence-corrected chi connectivity index (χ4v) is 2.95. The maximum atomic E-state index is 12.6. The van der Waals surface area contributed by atoms with E-state index < -0.39 is 5.54 Å². The molecule has 3 unspecified atom stereocenters. The second-order valence-corrected chi connectivity index (χ2v) is 6.32. The SMILES string of the molecule is CCC(C)CN1C(=O)C(CC)NC(=O)C1(C)C1CC1. The number of nitrogens with zero attached hydrogens (tertiary/aromatic N) is 1. The number of hydrogen-bond donors (Lipinski definition) is 1. The zero-order chi connectivity index (χ0) is 14.2. The van der Waals surface area contributed by atoms with Crippen LogP contribution < -0.4 is 5.32 Å². The van der Waals surface area contributed by atoms with Gasteiger partial charge in [0.1, 0.15) is 11.6 Å². The monoisotopic (exact) mass is 266 g/mol. The molecule has 4 nitrogen and oxygen atoms in total. The number of nitrogens with one attached hydrogen (secondary N) is 1. The lowest BCUT2D eigenvalue weighted by Gasteiger charge is -2.47. The van der Waals surface area contributed by atoms with Gasteiger partial charge in [0.2, 0.25) is 11.8 Å². The lowest BCUT2D eigenvalue weighted by molar-refractivity contribution is -0.159. The summed E-state index contributed by atoms with van der Waals surface area (Å²) in [6, 6.07) is -0.330. The van der Waals surface area contributed by atoms with Gasteiger partial charge in [-0.3, -0.25) is 9.59 Å². The van der Waals surface area contributed by atoms with Crippen LogP contribution in [0.5, 0.6) is 0 Å². The van der Waals surface area contributed by atoms with Gasteiger partial charge in [0, 0.05) is 6.54 Å². The highest BCUT2D eigenvalue weighted by molar-refractivity contribution is 6.00. The number of hydrogen-bond acceptors (Lipinski definition) is 2. The van der Waals surface area contributed by atoms with E-state index in [9.17, 15) is 9.59 Å². The summed E-state index contributed by atoms with van der Waals surface area (Å²) < 4.78 is 0. The first-order valence-corrected chi connectivity index (χ1v) is 7.57. The number of carbonyl (C=O) groups excluding carboxylic acids is 2. The van der Waals surface area contributed by atoms with Crippen molar-refractivity contribution in [3.63, 3.8) is 0 Å². The first-order chi connectivity index (χ1) is 8.94. The average Bonchev–Trinajstić information content (AvgIpc) is 3.23. The van der Waals surface area contributed by atoms with Crippen LogP contribution in [0.4, 0.5) is 0 Å². The van der Waals surface area contributed by atoms with Crippen molar-refractivity contribution in [3.05, 3.63) is 0 Å². The molecular weight excluding hydrogens is 240 g/mol. The first kappa shape index (κ1) is 14.4. The van der Waals surface area contributed by atoms with Crippen LogP contribution >= 0.6 is 0 Å². The molecule has 2 amide bonds. The van der Waals surface area contributed by atoms with Crippen molar-refractivity contribution in [3.8, 4) is 0 Å². The molecule has 0 bridgehead atoms. The van der Waals surface area contributed by atoms with Gasteiger partial charge < -0.3 is 10.2 Å². The van der Waals surface area contributed by atoms with Crippen molar-refractivity contribution in [2.75, 3.05) is 6.54 Å². The van der Waals surface area contributed by atoms with Gasteiger partial charge in [-0.1, -0.05) is 27.2 Å². The van der Waals surface area contributed by atoms with Crippen molar-refractivity contribution in [1.29, 1.82) is 0 Å². The molecule has 2 fully saturated rings. The molecule has 0 aromatic carbocycles. The Morgan fingerprint density at radius 2 is 2.00 bits per heavy atom. The smallest absolute Gasteiger partial charge is 0.246 e. The summed E-state index contributed by atoms with van der Waals surface area (Å²) in [5, 5.41) is 2.92. The van der Waals surface area contributed by atoms with E-state index in [1.165, 1.54) is 0 Å². The minimum atomic E-state index is -0.619. The molecular formula is C15H26N2O2. The van der Waals surface area contributed by atoms with Gasteiger partial charge in [-0.25, -0.2) is 0 Å². The molecule has 1 aliphatic heterocycles. The molecule has 3 atom stereocenters. The fourth-order valence-electron chi connectivity index (χ4n) is 2.95. The molecule has 0 aromatic heterocycles. The zero-order valence-corrected chi connectivity index (χ0v) is 12.5. The summed E-state index contributed by atoms with van der Waals surface area (Å²) in [6.45, 7) is 8.88. The summed E-state index contributed by atoms with van der Waals surface area (Å²) in [6.07, 6.45) is 3.82. The van der Waals surface area contributed by atoms with E-state index in [2.05, 4.69) is 19.2 Å². The van der Waals surface area contributed by atoms with E-state index in [-0.39, 0.29) is 17.9 Å². The van der Waals surface area contributed by atoms with E-state index in [0.29, 0.717) is 24.8 Å². The van der Waals surface area contributed by atoms with Crippen LogP contribution in [0.3, 0.4) is 0 Å².